The molecule has 0 aromatic carbocycles. The molecular weight excluding hydrogens is 512 g/mol. The molecule has 2 N–H and O–H groups in total. The second kappa shape index (κ2) is 14.9. The van der Waals surface area contributed by atoms with Gasteiger partial charge in [-0.05, 0) is 52.0 Å². The lowest BCUT2D eigenvalue weighted by Gasteiger charge is -2.39. The summed E-state index contributed by atoms with van der Waals surface area (Å²) in [5.74, 6) is -0.262. The molecule has 0 aliphatic carbocycles. The number of nitrogens with one attached hydrogen (secondary N) is 2. The van der Waals surface area contributed by atoms with Crippen LogP contribution in [0.15, 0.2) is 36.0 Å². The van der Waals surface area contributed by atoms with E-state index in [4.69, 9.17) is 18.9 Å². The maximum Gasteiger partial charge on any atom is 0.303 e. The third-order valence-electron chi connectivity index (χ3n) is 7.76. The first-order valence-corrected chi connectivity index (χ1v) is 14.7. The summed E-state index contributed by atoms with van der Waals surface area (Å²) in [7, 11) is 0. The van der Waals surface area contributed by atoms with Crippen LogP contribution in [0.4, 0.5) is 0 Å². The molecule has 0 aromatic heterocycles. The molecular formula is C31H48N2O7. The third-order valence-corrected chi connectivity index (χ3v) is 7.76. The van der Waals surface area contributed by atoms with E-state index in [1.54, 1.807) is 13.0 Å². The van der Waals surface area contributed by atoms with Gasteiger partial charge in [0.05, 0.1) is 42.7 Å². The van der Waals surface area contributed by atoms with Crippen molar-refractivity contribution in [1.82, 2.24) is 10.6 Å². The largest absolute Gasteiger partial charge is 0.459 e. The fourth-order valence-electron chi connectivity index (χ4n) is 5.42. The predicted molar refractivity (Wildman–Crippen MR) is 152 cm³/mol. The number of carbonyl (C=O) groups excluding carboxylic acids is 3. The van der Waals surface area contributed by atoms with Gasteiger partial charge in [0.25, 0.3) is 0 Å². The number of carbonyl (C=O) groups is 3. The highest BCUT2D eigenvalue weighted by Gasteiger charge is 2.51. The lowest BCUT2D eigenvalue weighted by molar-refractivity contribution is -0.143. The summed E-state index contributed by atoms with van der Waals surface area (Å²) < 4.78 is 23.3. The van der Waals surface area contributed by atoms with Crippen molar-refractivity contribution in [3.63, 3.8) is 0 Å². The van der Waals surface area contributed by atoms with Crippen LogP contribution in [-0.4, -0.2) is 73.1 Å². The zero-order valence-corrected chi connectivity index (χ0v) is 24.9. The van der Waals surface area contributed by atoms with Crippen molar-refractivity contribution in [3.05, 3.63) is 36.0 Å². The summed E-state index contributed by atoms with van der Waals surface area (Å²) in [5, 5.41) is 6.01. The average molecular weight is 561 g/mol. The van der Waals surface area contributed by atoms with Crippen molar-refractivity contribution in [2.45, 2.75) is 122 Å². The number of allylic oxidation sites excluding steroid dienone is 2. The van der Waals surface area contributed by atoms with Crippen LogP contribution in [0, 0.1) is 5.92 Å². The topological polar surface area (TPSA) is 115 Å². The molecule has 9 nitrogen and oxygen atoms in total. The highest BCUT2D eigenvalue weighted by atomic mass is 16.6. The van der Waals surface area contributed by atoms with Crippen molar-refractivity contribution in [2.75, 3.05) is 13.2 Å². The lowest BCUT2D eigenvalue weighted by Crippen LogP contribution is -2.50. The Labute approximate surface area is 239 Å². The summed E-state index contributed by atoms with van der Waals surface area (Å²) in [6.45, 7) is 12.5. The Hall–Kier alpha value is -2.49. The predicted octanol–water partition coefficient (Wildman–Crippen LogP) is 3.92. The second-order valence-corrected chi connectivity index (χ2v) is 11.7. The van der Waals surface area contributed by atoms with Gasteiger partial charge in [0.15, 0.2) is 0 Å². The first kappa shape index (κ1) is 32.0. The molecule has 0 saturated carbocycles. The fraction of sp³-hybridized carbons (Fsp3) is 0.710. The molecule has 3 saturated heterocycles. The highest BCUT2D eigenvalue weighted by Crippen LogP contribution is 2.42. The lowest BCUT2D eigenvalue weighted by atomic mass is 9.88. The highest BCUT2D eigenvalue weighted by molar-refractivity contribution is 5.87. The Morgan fingerprint density at radius 3 is 2.55 bits per heavy atom. The van der Waals surface area contributed by atoms with Gasteiger partial charge in [0.1, 0.15) is 6.10 Å². The quantitative estimate of drug-likeness (QED) is 0.161. The summed E-state index contributed by atoms with van der Waals surface area (Å²) in [4.78, 5) is 35.3. The molecule has 0 aromatic rings. The maximum absolute atomic E-state index is 12.4. The zero-order chi connectivity index (χ0) is 29.3. The molecule has 3 fully saturated rings. The monoisotopic (exact) mass is 560 g/mol. The van der Waals surface area contributed by atoms with Crippen molar-refractivity contribution in [1.29, 1.82) is 0 Å². The number of amides is 2. The summed E-state index contributed by atoms with van der Waals surface area (Å²) in [6.07, 6.45) is 13.4. The Morgan fingerprint density at radius 2 is 1.88 bits per heavy atom. The van der Waals surface area contributed by atoms with Gasteiger partial charge < -0.3 is 29.6 Å². The average Bonchev–Trinajstić information content (AvgIpc) is 3.63. The molecule has 3 aliphatic heterocycles. The molecule has 224 valence electrons. The van der Waals surface area contributed by atoms with Gasteiger partial charge in [-0.3, -0.25) is 14.4 Å². The van der Waals surface area contributed by atoms with E-state index in [1.807, 2.05) is 13.8 Å². The van der Waals surface area contributed by atoms with Crippen LogP contribution in [0.25, 0.3) is 0 Å². The minimum Gasteiger partial charge on any atom is -0.459 e. The number of epoxide rings is 1. The van der Waals surface area contributed by atoms with Crippen molar-refractivity contribution >= 4 is 17.8 Å². The van der Waals surface area contributed by atoms with Gasteiger partial charge in [-0.15, -0.1) is 0 Å². The van der Waals surface area contributed by atoms with Gasteiger partial charge in [0, 0.05) is 38.8 Å². The molecule has 2 amide bonds. The van der Waals surface area contributed by atoms with E-state index in [9.17, 15) is 14.4 Å². The Kier molecular flexibility index (Phi) is 12.0. The summed E-state index contributed by atoms with van der Waals surface area (Å²) in [6, 6.07) is -0.0856. The number of hydrogen-bond donors (Lipinski definition) is 2. The van der Waals surface area contributed by atoms with E-state index in [1.165, 1.54) is 13.0 Å². The van der Waals surface area contributed by atoms with Crippen LogP contribution >= 0.6 is 0 Å². The van der Waals surface area contributed by atoms with E-state index < -0.39 is 6.10 Å². The van der Waals surface area contributed by atoms with Crippen LogP contribution in [0.5, 0.6) is 0 Å². The Bertz CT molecular complexity index is 971. The molecule has 8 atom stereocenters. The van der Waals surface area contributed by atoms with Crippen molar-refractivity contribution in [3.8, 4) is 0 Å². The molecule has 0 bridgehead atoms. The van der Waals surface area contributed by atoms with Crippen molar-refractivity contribution in [2.24, 2.45) is 5.92 Å². The minimum absolute atomic E-state index is 0.0461. The smallest absolute Gasteiger partial charge is 0.303 e. The van der Waals surface area contributed by atoms with Gasteiger partial charge >= 0.3 is 5.97 Å². The van der Waals surface area contributed by atoms with Crippen LogP contribution in [-0.2, 0) is 33.3 Å². The molecule has 9 heteroatoms. The standard InChI is InChI=1S/C31H48N2O7/c1-7-8-29(35)32-18-26-17-31(19-37-31)16-25(40-26)12-9-20(2)10-13-28-21(3)15-27(23(5)39-28)33-30(36)14-11-22(4)38-24(6)34/h9-12,14,21-23,25-28H,7-8,13,15-19H2,1-6H3,(H,32,35)(H,33,36)/b12-9+,14-11-,20-10+/t21-,22-,23+,25+,26-,27+,28-,31?/m0/s1. The van der Waals surface area contributed by atoms with E-state index in [2.05, 4.69) is 42.7 Å². The molecule has 0 radical (unpaired) electrons. The zero-order valence-electron chi connectivity index (χ0n) is 24.9. The molecule has 1 spiro atoms. The first-order valence-electron chi connectivity index (χ1n) is 14.7. The van der Waals surface area contributed by atoms with Gasteiger partial charge in [0.2, 0.25) is 11.8 Å². The summed E-state index contributed by atoms with van der Waals surface area (Å²) >= 11 is 0. The summed E-state index contributed by atoms with van der Waals surface area (Å²) in [5.41, 5.74) is 1.04. The maximum atomic E-state index is 12.4. The fourth-order valence-corrected chi connectivity index (χ4v) is 5.42. The normalized spacial score (nSPS) is 33.2. The van der Waals surface area contributed by atoms with E-state index in [-0.39, 0.29) is 59.8 Å². The number of ether oxygens (including phenoxy) is 4. The van der Waals surface area contributed by atoms with Gasteiger partial charge in [-0.1, -0.05) is 37.6 Å². The minimum atomic E-state index is -0.455. The van der Waals surface area contributed by atoms with Crippen LogP contribution < -0.4 is 10.6 Å². The Balaban J connectivity index is 1.45. The number of esters is 1. The number of rotatable bonds is 12. The van der Waals surface area contributed by atoms with Crippen molar-refractivity contribution < 1.29 is 33.3 Å². The molecule has 1 unspecified atom stereocenters. The van der Waals surface area contributed by atoms with Gasteiger partial charge in [-0.25, -0.2) is 0 Å². The van der Waals surface area contributed by atoms with Gasteiger partial charge in [-0.2, -0.15) is 0 Å². The first-order chi connectivity index (χ1) is 19.0. The van der Waals surface area contributed by atoms with Crippen LogP contribution in [0.3, 0.4) is 0 Å². The number of hydrogen-bond acceptors (Lipinski definition) is 7. The van der Waals surface area contributed by atoms with E-state index >= 15 is 0 Å². The van der Waals surface area contributed by atoms with E-state index in [0.29, 0.717) is 13.0 Å². The molecule has 40 heavy (non-hydrogen) atoms. The van der Waals surface area contributed by atoms with E-state index in [0.717, 1.165) is 44.3 Å². The second-order valence-electron chi connectivity index (χ2n) is 11.7. The molecule has 3 rings (SSSR count). The van der Waals surface area contributed by atoms with Crippen LogP contribution in [0.2, 0.25) is 0 Å². The molecule has 3 aliphatic rings. The Morgan fingerprint density at radius 1 is 1.12 bits per heavy atom. The third kappa shape index (κ3) is 10.5. The molecule has 3 heterocycles. The SMILES string of the molecule is CCCC(=O)NC[C@@H]1CC2(CO2)C[C@@H](/C=C/C(C)=C/C[C@@H]2O[C@H](C)[C@H](NC(=O)/C=C\[C@H](C)OC(C)=O)C[C@@H]2C)O1. The van der Waals surface area contributed by atoms with Crippen LogP contribution in [0.1, 0.15) is 80.1 Å².